The minimum Gasteiger partial charge on any atom is -0.382 e. The molecule has 6 heteroatoms. The molecule has 74 valence electrons. The van der Waals surface area contributed by atoms with Gasteiger partial charge >= 0.3 is 0 Å². The van der Waals surface area contributed by atoms with Crippen molar-refractivity contribution in [3.63, 3.8) is 0 Å². The third-order valence-corrected chi connectivity index (χ3v) is 1.53. The Morgan fingerprint density at radius 1 is 1.43 bits per heavy atom. The number of nitrogens with zero attached hydrogens (tertiary/aromatic N) is 3. The molecule has 0 atom stereocenters. The molecule has 14 heavy (non-hydrogen) atoms. The van der Waals surface area contributed by atoms with E-state index >= 15 is 0 Å². The number of fused-ring (bicyclic) bond motifs is 1. The third kappa shape index (κ3) is 1.69. The molecule has 2 rings (SSSR count). The fraction of sp³-hybridized carbons (Fsp3) is 0.125. The predicted octanol–water partition coefficient (Wildman–Crippen LogP) is -0.301. The van der Waals surface area contributed by atoms with Crippen LogP contribution in [0.15, 0.2) is 18.3 Å². The molecule has 2 aromatic heterocycles. The van der Waals surface area contributed by atoms with Crippen molar-refractivity contribution >= 4 is 17.8 Å². The summed E-state index contributed by atoms with van der Waals surface area (Å²) in [5.41, 5.74) is 10.9. The molecule has 0 aliphatic heterocycles. The molecular formula is C8H11N5O. The number of nitrogen functional groups attached to an aromatic ring is 1. The van der Waals surface area contributed by atoms with Gasteiger partial charge in [0.1, 0.15) is 11.5 Å². The molecule has 0 unspecified atom stereocenters. The highest BCUT2D eigenvalue weighted by Crippen LogP contribution is 2.04. The van der Waals surface area contributed by atoms with Crippen LogP contribution in [-0.4, -0.2) is 27.9 Å². The summed E-state index contributed by atoms with van der Waals surface area (Å²) in [6, 6.07) is 3.34. The average Bonchev–Trinajstić information content (AvgIpc) is 2.63. The molecule has 0 fully saturated rings. The van der Waals surface area contributed by atoms with Gasteiger partial charge in [0.05, 0.1) is 6.20 Å². The van der Waals surface area contributed by atoms with Crippen LogP contribution in [-0.2, 0) is 0 Å². The van der Waals surface area contributed by atoms with Gasteiger partial charge in [-0.3, -0.25) is 4.79 Å². The van der Waals surface area contributed by atoms with Gasteiger partial charge in [-0.1, -0.05) is 0 Å². The predicted molar refractivity (Wildman–Crippen MR) is 52.9 cm³/mol. The lowest BCUT2D eigenvalue weighted by molar-refractivity contribution is 0.111. The van der Waals surface area contributed by atoms with Crippen LogP contribution in [0, 0.1) is 0 Å². The van der Waals surface area contributed by atoms with Crippen LogP contribution in [0.3, 0.4) is 0 Å². The summed E-state index contributed by atoms with van der Waals surface area (Å²) in [7, 11) is 1.50. The van der Waals surface area contributed by atoms with Gasteiger partial charge in [-0.05, 0) is 19.2 Å². The number of anilines is 1. The first kappa shape index (κ1) is 10.1. The Bertz CT molecular complexity index is 436. The smallest absolute Gasteiger partial charge is 0.170 e. The summed E-state index contributed by atoms with van der Waals surface area (Å²) < 4.78 is 1.41. The Balaban J connectivity index is 0.000000461. The van der Waals surface area contributed by atoms with Crippen molar-refractivity contribution in [2.75, 3.05) is 12.8 Å². The van der Waals surface area contributed by atoms with Gasteiger partial charge in [-0.25, -0.2) is 9.50 Å². The molecule has 0 amide bonds. The van der Waals surface area contributed by atoms with Gasteiger partial charge in [0.15, 0.2) is 11.9 Å². The van der Waals surface area contributed by atoms with E-state index in [9.17, 15) is 4.79 Å². The third-order valence-electron chi connectivity index (χ3n) is 1.53. The summed E-state index contributed by atoms with van der Waals surface area (Å²) in [5, 5.41) is 3.91. The summed E-state index contributed by atoms with van der Waals surface area (Å²) in [4.78, 5) is 14.4. The minimum atomic E-state index is 0.364. The van der Waals surface area contributed by atoms with Crippen LogP contribution in [0.1, 0.15) is 10.5 Å². The molecule has 2 heterocycles. The largest absolute Gasteiger partial charge is 0.382 e. The second-order valence-electron chi connectivity index (χ2n) is 2.33. The molecule has 4 N–H and O–H groups in total. The number of imidazole rings is 1. The van der Waals surface area contributed by atoms with E-state index in [-0.39, 0.29) is 0 Å². The van der Waals surface area contributed by atoms with Crippen molar-refractivity contribution in [1.29, 1.82) is 0 Å². The molecule has 0 aromatic carbocycles. The van der Waals surface area contributed by atoms with Gasteiger partial charge in [-0.15, -0.1) is 5.10 Å². The van der Waals surface area contributed by atoms with Gasteiger partial charge in [0.2, 0.25) is 0 Å². The molecule has 0 aliphatic carbocycles. The van der Waals surface area contributed by atoms with E-state index in [0.29, 0.717) is 23.4 Å². The van der Waals surface area contributed by atoms with Crippen LogP contribution in [0.4, 0.5) is 5.82 Å². The Hall–Kier alpha value is -1.95. The first-order valence-electron chi connectivity index (χ1n) is 3.94. The average molecular weight is 193 g/mol. The van der Waals surface area contributed by atoms with Crippen molar-refractivity contribution in [3.05, 3.63) is 24.0 Å². The van der Waals surface area contributed by atoms with Crippen LogP contribution in [0.5, 0.6) is 0 Å². The van der Waals surface area contributed by atoms with E-state index in [1.54, 1.807) is 12.1 Å². The summed E-state index contributed by atoms with van der Waals surface area (Å²) >= 11 is 0. The minimum absolute atomic E-state index is 0.364. The molecule has 2 aromatic rings. The maximum absolute atomic E-state index is 10.5. The lowest BCUT2D eigenvalue weighted by atomic mass is 10.5. The van der Waals surface area contributed by atoms with Gasteiger partial charge in [0, 0.05) is 0 Å². The zero-order valence-corrected chi connectivity index (χ0v) is 7.71. The SMILES string of the molecule is CN.Nc1ccc2ncc(C=O)n2n1. The normalized spacial score (nSPS) is 9.29. The lowest BCUT2D eigenvalue weighted by Gasteiger charge is -1.94. The van der Waals surface area contributed by atoms with E-state index in [2.05, 4.69) is 15.8 Å². The highest BCUT2D eigenvalue weighted by atomic mass is 16.1. The van der Waals surface area contributed by atoms with Crippen LogP contribution >= 0.6 is 0 Å². The van der Waals surface area contributed by atoms with Gasteiger partial charge in [-0.2, -0.15) is 0 Å². The number of rotatable bonds is 1. The summed E-state index contributed by atoms with van der Waals surface area (Å²) in [5.74, 6) is 0.364. The van der Waals surface area contributed by atoms with E-state index < -0.39 is 0 Å². The zero-order valence-electron chi connectivity index (χ0n) is 7.71. The Morgan fingerprint density at radius 3 is 2.79 bits per heavy atom. The molecule has 0 saturated carbocycles. The number of carbonyl (C=O) groups excluding carboxylic acids is 1. The van der Waals surface area contributed by atoms with E-state index in [1.165, 1.54) is 17.8 Å². The number of aromatic nitrogens is 3. The standard InChI is InChI=1S/C7H6N4O.CH5N/c8-6-1-2-7-9-3-5(4-12)11(7)10-6;1-2/h1-4H,(H2,8,10);2H2,1H3. The van der Waals surface area contributed by atoms with Crippen molar-refractivity contribution in [1.82, 2.24) is 14.6 Å². The lowest BCUT2D eigenvalue weighted by Crippen LogP contribution is -1.99. The highest BCUT2D eigenvalue weighted by molar-refractivity contribution is 5.73. The Labute approximate surface area is 80.5 Å². The fourth-order valence-corrected chi connectivity index (χ4v) is 0.986. The van der Waals surface area contributed by atoms with Crippen molar-refractivity contribution in [3.8, 4) is 0 Å². The van der Waals surface area contributed by atoms with Crippen molar-refractivity contribution in [2.24, 2.45) is 5.73 Å². The van der Waals surface area contributed by atoms with Crippen molar-refractivity contribution < 1.29 is 4.79 Å². The molecule has 0 spiro atoms. The molecule has 0 radical (unpaired) electrons. The maximum Gasteiger partial charge on any atom is 0.170 e. The number of hydrogen-bond acceptors (Lipinski definition) is 5. The van der Waals surface area contributed by atoms with Gasteiger partial charge in [0.25, 0.3) is 0 Å². The zero-order chi connectivity index (χ0) is 10.6. The second kappa shape index (κ2) is 4.33. The monoisotopic (exact) mass is 193 g/mol. The molecular weight excluding hydrogens is 182 g/mol. The van der Waals surface area contributed by atoms with Crippen LogP contribution in [0.2, 0.25) is 0 Å². The summed E-state index contributed by atoms with van der Waals surface area (Å²) in [6.07, 6.45) is 2.14. The number of aldehydes is 1. The fourth-order valence-electron chi connectivity index (χ4n) is 0.986. The van der Waals surface area contributed by atoms with Crippen LogP contribution < -0.4 is 11.5 Å². The molecule has 0 bridgehead atoms. The summed E-state index contributed by atoms with van der Waals surface area (Å²) in [6.45, 7) is 0. The molecule has 0 aliphatic rings. The Kier molecular flexibility index (Phi) is 3.14. The van der Waals surface area contributed by atoms with Gasteiger partial charge < -0.3 is 11.5 Å². The van der Waals surface area contributed by atoms with E-state index in [4.69, 9.17) is 5.73 Å². The quantitative estimate of drug-likeness (QED) is 0.605. The highest BCUT2D eigenvalue weighted by Gasteiger charge is 2.01. The van der Waals surface area contributed by atoms with E-state index in [0.717, 1.165) is 0 Å². The number of nitrogens with two attached hydrogens (primary N) is 2. The first-order valence-corrected chi connectivity index (χ1v) is 3.94. The molecule has 0 saturated heterocycles. The van der Waals surface area contributed by atoms with Crippen molar-refractivity contribution in [2.45, 2.75) is 0 Å². The number of hydrogen-bond donors (Lipinski definition) is 2. The Morgan fingerprint density at radius 2 is 2.14 bits per heavy atom. The first-order chi connectivity index (χ1) is 6.81. The number of carbonyl (C=O) groups is 1. The van der Waals surface area contributed by atoms with Crippen LogP contribution in [0.25, 0.3) is 5.65 Å². The molecule has 6 nitrogen and oxygen atoms in total. The topological polar surface area (TPSA) is 99.3 Å². The second-order valence-corrected chi connectivity index (χ2v) is 2.33. The van der Waals surface area contributed by atoms with E-state index in [1.807, 2.05) is 0 Å². The maximum atomic E-state index is 10.5.